The minimum absolute atomic E-state index is 0.638. The number of hydrogen-bond donors (Lipinski definition) is 0. The third kappa shape index (κ3) is 12.3. The molecule has 0 atom stereocenters. The van der Waals surface area contributed by atoms with Gasteiger partial charge in [0.2, 0.25) is 17.8 Å². The van der Waals surface area contributed by atoms with Gasteiger partial charge in [-0.05, 0) is 142 Å². The van der Waals surface area contributed by atoms with Crippen LogP contribution in [0.2, 0.25) is 0 Å². The van der Waals surface area contributed by atoms with Gasteiger partial charge in [-0.2, -0.15) is 4.98 Å². The van der Waals surface area contributed by atoms with Crippen molar-refractivity contribution in [3.05, 3.63) is 455 Å². The fraction of sp³-hybridized carbons (Fsp3) is 0. The van der Waals surface area contributed by atoms with Crippen LogP contribution < -0.4 is 0 Å². The molecule has 15 nitrogen and oxygen atoms in total. The molecule has 0 unspecified atom stereocenters. The van der Waals surface area contributed by atoms with Gasteiger partial charge in [0, 0.05) is 128 Å². The fourth-order valence-electron chi connectivity index (χ4n) is 23.4. The van der Waals surface area contributed by atoms with Gasteiger partial charge in [0.1, 0.15) is 32.1 Å². The standard InChI is InChI=1S/3C43H25N5S/c1-3-14-26(15-4-1)38-37-31-21-10-11-23-33(31)47(27-16-5-2-6-17-27)41(37)46-43(45-38)48-34-24-12-9-20-30(34)35-28-18-7-8-19-29(28)36-32-22-13-25-44-42(32)49-40(36)39(35)48;1-3-14-26(15-4-1)37-40-38(31-21-10-12-24-34(31)47(40)27-16-5-2-6-17-27)46-43(45-37)48-33-23-11-9-20-30(33)35-28-18-7-8-19-29(28)36-32-22-13-25-44-42(32)49-41(36)39(35)48;1-3-14-26(15-4-1)37-41-38(31-21-10-12-23-33(31)47(41)27-16-5-2-6-17-27)46-43(45-37)48-32-22-11-9-20-30(32)35-28-18-7-8-19-29(28)36-39-34(24-13-25-44-39)49-42(36)40(35)48/h3*1-25H. The SMILES string of the molecule is c1ccc(-c2nc(-n3c4ccccc4c4c5ccccc5c5c6cccnc6sc5c43)nc3c2c2ccccc2n3-c2ccccc2)cc1.c1ccc(-c2nc(-n3c4ccccc4c4c5ccccc5c5c6cccnc6sc5c43)nc3c4ccccc4n(-c4ccccc4)c23)cc1.c1ccc(-c2nc(-n3c4ccccc4c4c5ccccc5c5c6ncccc6sc5c43)nc3c4ccccc4n(-c4ccccc4)c23)cc1. The lowest BCUT2D eigenvalue weighted by atomic mass is 9.99. The number of nitrogens with zero attached hydrogens (tertiary/aromatic N) is 15. The van der Waals surface area contributed by atoms with E-state index in [2.05, 4.69) is 446 Å². The Morgan fingerprint density at radius 3 is 0.850 bits per heavy atom. The summed E-state index contributed by atoms with van der Waals surface area (Å²) in [5, 5.41) is 24.8. The van der Waals surface area contributed by atoms with E-state index < -0.39 is 0 Å². The molecular formula is C129H75N15S3. The molecular weight excluding hydrogens is 1860 g/mol. The van der Waals surface area contributed by atoms with Crippen LogP contribution in [0.4, 0.5) is 0 Å². The maximum absolute atomic E-state index is 5.56. The van der Waals surface area contributed by atoms with Gasteiger partial charge in [-0.3, -0.25) is 23.3 Å². The van der Waals surface area contributed by atoms with Crippen molar-refractivity contribution < 1.29 is 0 Å². The van der Waals surface area contributed by atoms with Crippen LogP contribution in [0.5, 0.6) is 0 Å². The number of pyridine rings is 3. The summed E-state index contributed by atoms with van der Waals surface area (Å²) in [6, 6.07) is 154. The quantitative estimate of drug-likeness (QED) is 0.138. The van der Waals surface area contributed by atoms with Crippen LogP contribution in [0.3, 0.4) is 0 Å². The largest absolute Gasteiger partial charge is 0.306 e. The van der Waals surface area contributed by atoms with E-state index in [1.807, 2.05) is 36.8 Å². The van der Waals surface area contributed by atoms with Crippen LogP contribution >= 0.6 is 34.0 Å². The third-order valence-electron chi connectivity index (χ3n) is 29.3. The molecule has 0 amide bonds. The normalized spacial score (nSPS) is 12.1. The first-order chi connectivity index (χ1) is 73.0. The van der Waals surface area contributed by atoms with Gasteiger partial charge in [0.25, 0.3) is 0 Å². The Hall–Kier alpha value is -19.1. The van der Waals surface area contributed by atoms with Crippen molar-refractivity contribution >= 4 is 258 Å². The number of fused-ring (bicyclic) bond motifs is 39. The topological polar surface area (TPSA) is 146 Å². The molecule has 0 spiro atoms. The van der Waals surface area contributed by atoms with E-state index in [1.54, 1.807) is 34.0 Å². The molecule has 15 heterocycles. The fourth-order valence-corrected chi connectivity index (χ4v) is 27.0. The summed E-state index contributed by atoms with van der Waals surface area (Å²) in [7, 11) is 0. The highest BCUT2D eigenvalue weighted by molar-refractivity contribution is 7.27. The maximum Gasteiger partial charge on any atom is 0.237 e. The van der Waals surface area contributed by atoms with Crippen molar-refractivity contribution in [2.24, 2.45) is 0 Å². The van der Waals surface area contributed by atoms with Gasteiger partial charge in [0.05, 0.1) is 96.1 Å². The van der Waals surface area contributed by atoms with E-state index in [9.17, 15) is 0 Å². The highest BCUT2D eigenvalue weighted by Gasteiger charge is 2.33. The van der Waals surface area contributed by atoms with Gasteiger partial charge in [0.15, 0.2) is 5.65 Å². The van der Waals surface area contributed by atoms with Crippen LogP contribution in [0.25, 0.3) is 293 Å². The lowest BCUT2D eigenvalue weighted by Crippen LogP contribution is -2.05. The molecule has 0 aliphatic carbocycles. The number of benzene rings is 18. The molecule has 0 saturated heterocycles. The Morgan fingerprint density at radius 1 is 0.170 bits per heavy atom. The zero-order chi connectivity index (χ0) is 96.2. The van der Waals surface area contributed by atoms with Crippen molar-refractivity contribution in [3.63, 3.8) is 0 Å². The predicted molar refractivity (Wildman–Crippen MR) is 613 cm³/mol. The van der Waals surface area contributed by atoms with E-state index >= 15 is 0 Å². The summed E-state index contributed by atoms with van der Waals surface area (Å²) in [6.07, 6.45) is 5.67. The minimum atomic E-state index is 0.638. The molecule has 0 aliphatic rings. The summed E-state index contributed by atoms with van der Waals surface area (Å²) in [6.45, 7) is 0. The number of para-hydroxylation sites is 9. The summed E-state index contributed by atoms with van der Waals surface area (Å²) < 4.78 is 18.5. The lowest BCUT2D eigenvalue weighted by Gasteiger charge is -2.13. The average Bonchev–Trinajstić information content (AvgIpc) is 1.54. The van der Waals surface area contributed by atoms with E-state index in [0.717, 1.165) is 165 Å². The Bertz CT molecular complexity index is 10900. The van der Waals surface area contributed by atoms with Gasteiger partial charge < -0.3 is 9.13 Å². The van der Waals surface area contributed by atoms with Gasteiger partial charge in [-0.1, -0.05) is 328 Å². The van der Waals surface area contributed by atoms with Gasteiger partial charge in [-0.15, -0.1) is 34.0 Å². The lowest BCUT2D eigenvalue weighted by molar-refractivity contribution is 0.997. The van der Waals surface area contributed by atoms with Crippen molar-refractivity contribution in [2.45, 2.75) is 0 Å². The van der Waals surface area contributed by atoms with E-state index in [4.69, 9.17) is 44.9 Å². The number of thiophene rings is 3. The minimum Gasteiger partial charge on any atom is -0.306 e. The van der Waals surface area contributed by atoms with Crippen LogP contribution in [-0.4, -0.2) is 72.3 Å². The summed E-state index contributed by atoms with van der Waals surface area (Å²) in [5.74, 6) is 1.94. The summed E-state index contributed by atoms with van der Waals surface area (Å²) in [5.41, 5.74) is 24.6. The molecule has 18 heteroatoms. The molecule has 33 aromatic rings. The second-order valence-electron chi connectivity index (χ2n) is 37.2. The van der Waals surface area contributed by atoms with Crippen molar-refractivity contribution in [1.82, 2.24) is 72.3 Å². The maximum atomic E-state index is 5.56. The molecule has 0 N–H and O–H groups in total. The Labute approximate surface area is 848 Å². The molecule has 0 saturated carbocycles. The van der Waals surface area contributed by atoms with E-state index in [-0.39, 0.29) is 0 Å². The van der Waals surface area contributed by atoms with Crippen LogP contribution in [0, 0.1) is 0 Å². The molecule has 0 aliphatic heterocycles. The van der Waals surface area contributed by atoms with Crippen molar-refractivity contribution in [2.75, 3.05) is 0 Å². The second-order valence-corrected chi connectivity index (χ2v) is 40.3. The van der Waals surface area contributed by atoms with E-state index in [1.165, 1.54) is 110 Å². The average molecular weight is 1930 g/mol. The molecule has 684 valence electrons. The molecule has 0 radical (unpaired) electrons. The Balaban J connectivity index is 0.0000000999. The summed E-state index contributed by atoms with van der Waals surface area (Å²) in [4.78, 5) is 49.9. The van der Waals surface area contributed by atoms with Gasteiger partial charge >= 0.3 is 0 Å². The first-order valence-electron chi connectivity index (χ1n) is 49.2. The van der Waals surface area contributed by atoms with Crippen LogP contribution in [0.1, 0.15) is 0 Å². The Morgan fingerprint density at radius 2 is 0.449 bits per heavy atom. The summed E-state index contributed by atoms with van der Waals surface area (Å²) >= 11 is 5.29. The van der Waals surface area contributed by atoms with E-state index in [0.29, 0.717) is 17.8 Å². The first kappa shape index (κ1) is 82.6. The third-order valence-corrected chi connectivity index (χ3v) is 32.7. The zero-order valence-corrected chi connectivity index (χ0v) is 80.7. The van der Waals surface area contributed by atoms with Gasteiger partial charge in [-0.25, -0.2) is 34.9 Å². The zero-order valence-electron chi connectivity index (χ0n) is 78.2. The molecule has 15 aromatic heterocycles. The predicted octanol–water partition coefficient (Wildman–Crippen LogP) is 33.8. The van der Waals surface area contributed by atoms with Crippen LogP contribution in [-0.2, 0) is 0 Å². The molecule has 0 bridgehead atoms. The number of rotatable bonds is 9. The second kappa shape index (κ2) is 32.7. The molecule has 33 rings (SSSR count). The first-order valence-corrected chi connectivity index (χ1v) is 51.6. The Kier molecular flexibility index (Phi) is 18.4. The molecule has 18 aromatic carbocycles. The van der Waals surface area contributed by atoms with Crippen LogP contribution in [0.15, 0.2) is 455 Å². The number of hydrogen-bond acceptors (Lipinski definition) is 12. The smallest absolute Gasteiger partial charge is 0.237 e. The van der Waals surface area contributed by atoms with Crippen molar-refractivity contribution in [3.8, 4) is 68.7 Å². The van der Waals surface area contributed by atoms with Crippen molar-refractivity contribution in [1.29, 1.82) is 0 Å². The highest BCUT2D eigenvalue weighted by Crippen LogP contribution is 2.54. The number of aromatic nitrogens is 15. The molecule has 0 fully saturated rings. The molecule has 147 heavy (non-hydrogen) atoms. The monoisotopic (exact) mass is 1930 g/mol. The highest BCUT2D eigenvalue weighted by atomic mass is 32.1.